The predicted molar refractivity (Wildman–Crippen MR) is 159 cm³/mol. The van der Waals surface area contributed by atoms with E-state index >= 15 is 0 Å². The van der Waals surface area contributed by atoms with Gasteiger partial charge in [0, 0.05) is 25.9 Å². The smallest absolute Gasteiger partial charge is 0.350 e. The summed E-state index contributed by atoms with van der Waals surface area (Å²) in [6.07, 6.45) is -4.59. The molecule has 4 rings (SSSR count). The van der Waals surface area contributed by atoms with E-state index in [-0.39, 0.29) is 33.7 Å². The minimum atomic E-state index is -4.59. The highest BCUT2D eigenvalue weighted by Gasteiger charge is 2.59. The molecule has 1 aliphatic heterocycles. The van der Waals surface area contributed by atoms with E-state index in [2.05, 4.69) is 15.6 Å². The summed E-state index contributed by atoms with van der Waals surface area (Å²) in [6, 6.07) is 15.6. The van der Waals surface area contributed by atoms with Crippen molar-refractivity contribution >= 4 is 68.5 Å². The molecule has 2 N–H and O–H groups in total. The fraction of sp³-hybridized carbons (Fsp3) is 0.250. The third-order valence-electron chi connectivity index (χ3n) is 6.11. The van der Waals surface area contributed by atoms with Gasteiger partial charge in [0.25, 0.3) is 11.8 Å². The maximum atomic E-state index is 14.5. The molecule has 0 aromatic heterocycles. The Morgan fingerprint density at radius 2 is 1.77 bits per heavy atom. The van der Waals surface area contributed by atoms with Gasteiger partial charge in [0.1, 0.15) is 0 Å². The Morgan fingerprint density at radius 3 is 2.38 bits per heavy atom. The second-order valence-corrected chi connectivity index (χ2v) is 12.2. The standard InChI is InChI=1S/C28H24ClF3IN3O2S/c1-15(2)35-25(38)23-20(5-4-6-21(23)33)24(37)36-22-12-9-18(13-16(22)3)27(28(30,31)32)14-34-26(39-27)17-7-10-19(29)11-8-17/h4-13,15H,14H2,1-3H3,(H,35,38)(H,36,37). The lowest BCUT2D eigenvalue weighted by molar-refractivity contribution is -0.158. The highest BCUT2D eigenvalue weighted by molar-refractivity contribution is 14.1. The number of hydrogen-bond donors (Lipinski definition) is 2. The maximum absolute atomic E-state index is 14.5. The second-order valence-electron chi connectivity index (χ2n) is 9.33. The van der Waals surface area contributed by atoms with Gasteiger partial charge in [-0.15, -0.1) is 0 Å². The molecule has 1 atom stereocenters. The Labute approximate surface area is 247 Å². The van der Waals surface area contributed by atoms with Gasteiger partial charge in [0.2, 0.25) is 0 Å². The van der Waals surface area contributed by atoms with Crippen molar-refractivity contribution in [1.82, 2.24) is 5.32 Å². The van der Waals surface area contributed by atoms with E-state index in [9.17, 15) is 22.8 Å². The van der Waals surface area contributed by atoms with Crippen LogP contribution in [0.4, 0.5) is 18.9 Å². The summed E-state index contributed by atoms with van der Waals surface area (Å²) >= 11 is 8.58. The number of hydrogen-bond acceptors (Lipinski definition) is 4. The van der Waals surface area contributed by atoms with Gasteiger partial charge in [-0.1, -0.05) is 53.7 Å². The minimum Gasteiger partial charge on any atom is -0.350 e. The normalized spacial score (nSPS) is 17.2. The van der Waals surface area contributed by atoms with E-state index in [1.807, 2.05) is 36.4 Å². The maximum Gasteiger partial charge on any atom is 0.409 e. The van der Waals surface area contributed by atoms with E-state index in [4.69, 9.17) is 11.6 Å². The Bertz CT molecular complexity index is 1460. The van der Waals surface area contributed by atoms with Gasteiger partial charge in [-0.25, -0.2) is 0 Å². The number of thioether (sulfide) groups is 1. The first kappa shape index (κ1) is 29.4. The number of amides is 2. The molecule has 3 aromatic carbocycles. The average molecular weight is 686 g/mol. The van der Waals surface area contributed by atoms with Crippen LogP contribution in [0.2, 0.25) is 5.02 Å². The predicted octanol–water partition coefficient (Wildman–Crippen LogP) is 7.59. The van der Waals surface area contributed by atoms with Gasteiger partial charge in [-0.05, 0) is 84.8 Å². The summed E-state index contributed by atoms with van der Waals surface area (Å²) in [5, 5.41) is 6.32. The highest BCUT2D eigenvalue weighted by Crippen LogP contribution is 2.54. The number of benzene rings is 3. The molecule has 5 nitrogen and oxygen atoms in total. The van der Waals surface area contributed by atoms with E-state index in [1.54, 1.807) is 49.4 Å². The van der Waals surface area contributed by atoms with Crippen LogP contribution < -0.4 is 10.6 Å². The van der Waals surface area contributed by atoms with Crippen LogP contribution in [0.5, 0.6) is 0 Å². The van der Waals surface area contributed by atoms with Crippen molar-refractivity contribution < 1.29 is 22.8 Å². The molecule has 0 saturated carbocycles. The summed E-state index contributed by atoms with van der Waals surface area (Å²) < 4.78 is 42.0. The molecule has 0 fully saturated rings. The molecule has 1 heterocycles. The zero-order valence-corrected chi connectivity index (χ0v) is 24.8. The third kappa shape index (κ3) is 6.12. The first-order valence-corrected chi connectivity index (χ1v) is 14.2. The van der Waals surface area contributed by atoms with Crippen LogP contribution in [0.1, 0.15) is 51.3 Å². The van der Waals surface area contributed by atoms with Crippen molar-refractivity contribution in [3.8, 4) is 0 Å². The van der Waals surface area contributed by atoms with Gasteiger partial charge in [0.15, 0.2) is 4.75 Å². The summed E-state index contributed by atoms with van der Waals surface area (Å²) in [5.74, 6) is -0.915. The Kier molecular flexibility index (Phi) is 8.67. The lowest BCUT2D eigenvalue weighted by Gasteiger charge is -2.31. The van der Waals surface area contributed by atoms with E-state index in [0.29, 0.717) is 37.2 Å². The van der Waals surface area contributed by atoms with Crippen LogP contribution in [0.15, 0.2) is 65.7 Å². The van der Waals surface area contributed by atoms with Crippen molar-refractivity contribution in [3.63, 3.8) is 0 Å². The molecule has 1 unspecified atom stereocenters. The number of carbonyl (C=O) groups excluding carboxylic acids is 2. The molecule has 0 radical (unpaired) electrons. The number of aliphatic imine (C=N–C) groups is 1. The summed E-state index contributed by atoms with van der Waals surface area (Å²) in [5.41, 5.74) is 1.80. The number of nitrogens with zero attached hydrogens (tertiary/aromatic N) is 1. The van der Waals surface area contributed by atoms with Crippen LogP contribution in [0, 0.1) is 10.5 Å². The Balaban J connectivity index is 1.62. The van der Waals surface area contributed by atoms with Crippen LogP contribution in [0.3, 0.4) is 0 Å². The molecule has 3 aromatic rings. The van der Waals surface area contributed by atoms with Gasteiger partial charge in [-0.2, -0.15) is 13.2 Å². The first-order chi connectivity index (χ1) is 18.3. The number of halogens is 5. The molecule has 2 amide bonds. The molecule has 11 heteroatoms. The molecule has 204 valence electrons. The van der Waals surface area contributed by atoms with Crippen LogP contribution in [0.25, 0.3) is 0 Å². The summed E-state index contributed by atoms with van der Waals surface area (Å²) in [6.45, 7) is 4.79. The van der Waals surface area contributed by atoms with Crippen LogP contribution in [-0.4, -0.2) is 35.6 Å². The van der Waals surface area contributed by atoms with Gasteiger partial charge in [-0.3, -0.25) is 14.6 Å². The SMILES string of the molecule is Cc1cc(C2(C(F)(F)F)CN=C(c3ccc(Cl)cc3)S2)ccc1NC(=O)c1cccc(I)c1C(=O)NC(C)C. The molecule has 1 aliphatic rings. The summed E-state index contributed by atoms with van der Waals surface area (Å²) in [7, 11) is 0. The van der Waals surface area contributed by atoms with E-state index < -0.39 is 23.4 Å². The van der Waals surface area contributed by atoms with Crippen LogP contribution in [-0.2, 0) is 4.75 Å². The van der Waals surface area contributed by atoms with Crippen molar-refractivity contribution in [1.29, 1.82) is 0 Å². The molecule has 0 saturated heterocycles. The van der Waals surface area contributed by atoms with Gasteiger partial charge in [0.05, 0.1) is 22.7 Å². The van der Waals surface area contributed by atoms with Gasteiger partial charge < -0.3 is 10.6 Å². The van der Waals surface area contributed by atoms with E-state index in [1.165, 1.54) is 18.2 Å². The second kappa shape index (κ2) is 11.5. The molecule has 0 spiro atoms. The number of alkyl halides is 3. The number of anilines is 1. The number of rotatable bonds is 6. The van der Waals surface area contributed by atoms with Crippen LogP contribution >= 0.6 is 46.0 Å². The largest absolute Gasteiger partial charge is 0.409 e. The number of aryl methyl sites for hydroxylation is 1. The first-order valence-electron chi connectivity index (χ1n) is 11.9. The average Bonchev–Trinajstić information content (AvgIpc) is 3.32. The lowest BCUT2D eigenvalue weighted by atomic mass is 9.95. The number of carbonyl (C=O) groups is 2. The molecule has 0 bridgehead atoms. The molecule has 39 heavy (non-hydrogen) atoms. The van der Waals surface area contributed by atoms with Crippen molar-refractivity contribution in [2.75, 3.05) is 11.9 Å². The highest BCUT2D eigenvalue weighted by atomic mass is 127. The monoisotopic (exact) mass is 685 g/mol. The number of nitrogens with one attached hydrogen (secondary N) is 2. The van der Waals surface area contributed by atoms with Crippen molar-refractivity contribution in [3.05, 3.63) is 97.1 Å². The van der Waals surface area contributed by atoms with Gasteiger partial charge >= 0.3 is 6.18 Å². The molecular formula is C28H24ClF3IN3O2S. The summed E-state index contributed by atoms with van der Waals surface area (Å²) in [4.78, 5) is 30.2. The zero-order chi connectivity index (χ0) is 28.5. The van der Waals surface area contributed by atoms with Crippen molar-refractivity contribution in [2.24, 2.45) is 4.99 Å². The van der Waals surface area contributed by atoms with E-state index in [0.717, 1.165) is 0 Å². The topological polar surface area (TPSA) is 70.6 Å². The quantitative estimate of drug-likeness (QED) is 0.263. The molecular weight excluding hydrogens is 662 g/mol. The fourth-order valence-corrected chi connectivity index (χ4v) is 6.21. The molecule has 0 aliphatic carbocycles. The zero-order valence-electron chi connectivity index (χ0n) is 21.1. The fourth-order valence-electron chi connectivity index (χ4n) is 4.14. The Morgan fingerprint density at radius 1 is 1.08 bits per heavy atom. The van der Waals surface area contributed by atoms with Crippen molar-refractivity contribution in [2.45, 2.75) is 37.7 Å². The third-order valence-corrected chi connectivity index (χ3v) is 8.77. The lowest BCUT2D eigenvalue weighted by Crippen LogP contribution is -2.40. The Hall–Kier alpha value is -2.57. The minimum absolute atomic E-state index is 0.0365.